The molecule has 18 heavy (non-hydrogen) atoms. The SMILES string of the molecule is CC1(C)COCCN1CCNCc1ccc(Cl)s1. The zero-order valence-electron chi connectivity index (χ0n) is 11.0. The smallest absolute Gasteiger partial charge is 0.0931 e. The zero-order chi connectivity index (χ0) is 13.0. The van der Waals surface area contributed by atoms with Crippen LogP contribution in [0.3, 0.4) is 0 Å². The van der Waals surface area contributed by atoms with Crippen molar-refractivity contribution in [2.45, 2.75) is 25.9 Å². The Morgan fingerprint density at radius 3 is 3.00 bits per heavy atom. The van der Waals surface area contributed by atoms with Gasteiger partial charge in [-0.25, -0.2) is 0 Å². The summed E-state index contributed by atoms with van der Waals surface area (Å²) in [4.78, 5) is 3.78. The molecular weight excluding hydrogens is 268 g/mol. The molecule has 1 aliphatic heterocycles. The van der Waals surface area contributed by atoms with Gasteiger partial charge in [-0.3, -0.25) is 4.90 Å². The second kappa shape index (κ2) is 6.35. The second-order valence-corrected chi connectivity index (χ2v) is 7.03. The number of ether oxygens (including phenoxy) is 1. The summed E-state index contributed by atoms with van der Waals surface area (Å²) in [5, 5.41) is 3.47. The summed E-state index contributed by atoms with van der Waals surface area (Å²) in [6, 6.07) is 4.03. The Morgan fingerprint density at radius 1 is 1.50 bits per heavy atom. The van der Waals surface area contributed by atoms with Gasteiger partial charge < -0.3 is 10.1 Å². The molecule has 1 aromatic heterocycles. The quantitative estimate of drug-likeness (QED) is 0.843. The molecule has 0 unspecified atom stereocenters. The van der Waals surface area contributed by atoms with Crippen molar-refractivity contribution in [3.05, 3.63) is 21.3 Å². The standard InChI is InChI=1S/C13H21ClN2OS/c1-13(2)10-17-8-7-16(13)6-5-15-9-11-3-4-12(14)18-11/h3-4,15H,5-10H2,1-2H3. The predicted octanol–water partition coefficient (Wildman–Crippen LogP) is 2.60. The number of hydrogen-bond acceptors (Lipinski definition) is 4. The van der Waals surface area contributed by atoms with Gasteiger partial charge in [-0.2, -0.15) is 0 Å². The summed E-state index contributed by atoms with van der Waals surface area (Å²) < 4.78 is 6.38. The molecule has 3 nitrogen and oxygen atoms in total. The van der Waals surface area contributed by atoms with E-state index in [9.17, 15) is 0 Å². The van der Waals surface area contributed by atoms with Gasteiger partial charge in [-0.1, -0.05) is 11.6 Å². The van der Waals surface area contributed by atoms with Crippen LogP contribution in [0.15, 0.2) is 12.1 Å². The van der Waals surface area contributed by atoms with Crippen LogP contribution in [0.5, 0.6) is 0 Å². The molecule has 1 saturated heterocycles. The highest BCUT2D eigenvalue weighted by atomic mass is 35.5. The highest BCUT2D eigenvalue weighted by molar-refractivity contribution is 7.16. The fraction of sp³-hybridized carbons (Fsp3) is 0.692. The minimum atomic E-state index is 0.159. The van der Waals surface area contributed by atoms with Crippen molar-refractivity contribution < 1.29 is 4.74 Å². The number of nitrogens with one attached hydrogen (secondary N) is 1. The average Bonchev–Trinajstić information content (AvgIpc) is 2.72. The van der Waals surface area contributed by atoms with Gasteiger partial charge >= 0.3 is 0 Å². The predicted molar refractivity (Wildman–Crippen MR) is 77.5 cm³/mol. The van der Waals surface area contributed by atoms with Crippen LogP contribution in [0.2, 0.25) is 4.34 Å². The molecule has 0 saturated carbocycles. The third-order valence-electron chi connectivity index (χ3n) is 3.30. The largest absolute Gasteiger partial charge is 0.378 e. The molecule has 1 fully saturated rings. The Labute approximate surface area is 118 Å². The summed E-state index contributed by atoms with van der Waals surface area (Å²) >= 11 is 7.54. The molecule has 0 aromatic carbocycles. The third kappa shape index (κ3) is 3.93. The van der Waals surface area contributed by atoms with Crippen LogP contribution in [0.4, 0.5) is 0 Å². The van der Waals surface area contributed by atoms with Gasteiger partial charge in [0.05, 0.1) is 17.6 Å². The fourth-order valence-corrected chi connectivity index (χ4v) is 3.23. The molecule has 0 aliphatic carbocycles. The first-order valence-electron chi connectivity index (χ1n) is 6.36. The number of hydrogen-bond donors (Lipinski definition) is 1. The lowest BCUT2D eigenvalue weighted by atomic mass is 10.0. The molecule has 102 valence electrons. The average molecular weight is 289 g/mol. The fourth-order valence-electron chi connectivity index (χ4n) is 2.18. The van der Waals surface area contributed by atoms with Crippen LogP contribution in [-0.2, 0) is 11.3 Å². The van der Waals surface area contributed by atoms with Crippen molar-refractivity contribution in [3.63, 3.8) is 0 Å². The maximum absolute atomic E-state index is 5.90. The molecule has 0 atom stereocenters. The Kier molecular flexibility index (Phi) is 5.04. The lowest BCUT2D eigenvalue weighted by Gasteiger charge is -2.42. The molecule has 1 aliphatic rings. The minimum Gasteiger partial charge on any atom is -0.378 e. The minimum absolute atomic E-state index is 0.159. The van der Waals surface area contributed by atoms with Gasteiger partial charge in [0.1, 0.15) is 0 Å². The van der Waals surface area contributed by atoms with Crippen molar-refractivity contribution in [2.75, 3.05) is 32.8 Å². The van der Waals surface area contributed by atoms with Crippen molar-refractivity contribution in [1.82, 2.24) is 10.2 Å². The zero-order valence-corrected chi connectivity index (χ0v) is 12.6. The van der Waals surface area contributed by atoms with Gasteiger partial charge in [0.25, 0.3) is 0 Å². The Bertz CT molecular complexity index is 381. The second-order valence-electron chi connectivity index (χ2n) is 5.23. The topological polar surface area (TPSA) is 24.5 Å². The number of rotatable bonds is 5. The van der Waals surface area contributed by atoms with Crippen LogP contribution < -0.4 is 5.32 Å². The molecule has 0 spiro atoms. The van der Waals surface area contributed by atoms with E-state index in [-0.39, 0.29) is 5.54 Å². The first-order chi connectivity index (χ1) is 8.58. The molecule has 0 radical (unpaired) electrons. The van der Waals surface area contributed by atoms with Crippen LogP contribution in [0, 0.1) is 0 Å². The van der Waals surface area contributed by atoms with E-state index < -0.39 is 0 Å². The Morgan fingerprint density at radius 2 is 2.33 bits per heavy atom. The first kappa shape index (κ1) is 14.3. The van der Waals surface area contributed by atoms with Crippen molar-refractivity contribution in [2.24, 2.45) is 0 Å². The van der Waals surface area contributed by atoms with Crippen LogP contribution in [-0.4, -0.2) is 43.3 Å². The highest BCUT2D eigenvalue weighted by Gasteiger charge is 2.29. The van der Waals surface area contributed by atoms with E-state index in [0.29, 0.717) is 0 Å². The summed E-state index contributed by atoms with van der Waals surface area (Å²) in [7, 11) is 0. The van der Waals surface area contributed by atoms with Crippen molar-refractivity contribution in [1.29, 1.82) is 0 Å². The number of morpholine rings is 1. The summed E-state index contributed by atoms with van der Waals surface area (Å²) in [6.07, 6.45) is 0. The molecule has 0 bridgehead atoms. The number of halogens is 1. The van der Waals surface area contributed by atoms with Gasteiger partial charge in [-0.15, -0.1) is 11.3 Å². The number of thiophene rings is 1. The van der Waals surface area contributed by atoms with Crippen LogP contribution in [0.1, 0.15) is 18.7 Å². The van der Waals surface area contributed by atoms with E-state index in [1.807, 2.05) is 6.07 Å². The lowest BCUT2D eigenvalue weighted by molar-refractivity contribution is -0.0500. The van der Waals surface area contributed by atoms with Gasteiger partial charge in [0.2, 0.25) is 0 Å². The molecule has 2 heterocycles. The lowest BCUT2D eigenvalue weighted by Crippen LogP contribution is -2.54. The first-order valence-corrected chi connectivity index (χ1v) is 7.55. The van der Waals surface area contributed by atoms with Crippen LogP contribution >= 0.6 is 22.9 Å². The molecule has 1 N–H and O–H groups in total. The van der Waals surface area contributed by atoms with E-state index in [2.05, 4.69) is 30.1 Å². The Balaban J connectivity index is 1.68. The normalized spacial score (nSPS) is 20.2. The summed E-state index contributed by atoms with van der Waals surface area (Å²) in [5.74, 6) is 0. The van der Waals surface area contributed by atoms with Crippen molar-refractivity contribution in [3.8, 4) is 0 Å². The maximum atomic E-state index is 5.90. The van der Waals surface area contributed by atoms with Gasteiger partial charge in [0, 0.05) is 36.6 Å². The molecule has 0 amide bonds. The maximum Gasteiger partial charge on any atom is 0.0931 e. The van der Waals surface area contributed by atoms with Gasteiger partial charge in [-0.05, 0) is 26.0 Å². The van der Waals surface area contributed by atoms with Gasteiger partial charge in [0.15, 0.2) is 0 Å². The monoisotopic (exact) mass is 288 g/mol. The molecule has 2 rings (SSSR count). The van der Waals surface area contributed by atoms with E-state index in [4.69, 9.17) is 16.3 Å². The van der Waals surface area contributed by atoms with E-state index >= 15 is 0 Å². The third-order valence-corrected chi connectivity index (χ3v) is 4.53. The number of nitrogens with zero attached hydrogens (tertiary/aromatic N) is 1. The van der Waals surface area contributed by atoms with E-state index in [1.165, 1.54) is 4.88 Å². The Hall–Kier alpha value is -0.130. The molecule has 5 heteroatoms. The van der Waals surface area contributed by atoms with E-state index in [0.717, 1.165) is 43.7 Å². The highest BCUT2D eigenvalue weighted by Crippen LogP contribution is 2.21. The molecular formula is C13H21ClN2OS. The van der Waals surface area contributed by atoms with Crippen molar-refractivity contribution >= 4 is 22.9 Å². The van der Waals surface area contributed by atoms with Crippen LogP contribution in [0.25, 0.3) is 0 Å². The van der Waals surface area contributed by atoms with E-state index in [1.54, 1.807) is 11.3 Å². The summed E-state index contributed by atoms with van der Waals surface area (Å²) in [5.41, 5.74) is 0.159. The molecule has 1 aromatic rings. The summed E-state index contributed by atoms with van der Waals surface area (Å²) in [6.45, 7) is 10.2.